The number of hydrogen-bond donors (Lipinski definition) is 3. The Balaban J connectivity index is 4.77. The van der Waals surface area contributed by atoms with Gasteiger partial charge in [0, 0.05) is 6.42 Å². The second-order valence-electron chi connectivity index (χ2n) is 17.5. The first-order valence-corrected chi connectivity index (χ1v) is 26.5. The van der Waals surface area contributed by atoms with Crippen molar-refractivity contribution in [1.82, 2.24) is 5.32 Å². The Bertz CT molecular complexity index is 1270. The highest BCUT2D eigenvalue weighted by Crippen LogP contribution is 2.17. The van der Waals surface area contributed by atoms with E-state index < -0.39 is 18.2 Å². The monoisotopic (exact) mass is 890 g/mol. The summed E-state index contributed by atoms with van der Waals surface area (Å²) in [7, 11) is 0. The van der Waals surface area contributed by atoms with Crippen molar-refractivity contribution in [2.24, 2.45) is 0 Å². The molecule has 1 amide bonds. The van der Waals surface area contributed by atoms with Gasteiger partial charge in [0.15, 0.2) is 0 Å². The summed E-state index contributed by atoms with van der Waals surface area (Å²) in [6, 6.07) is -0.729. The smallest absolute Gasteiger partial charge is 0.306 e. The molecule has 0 bridgehead atoms. The van der Waals surface area contributed by atoms with Crippen LogP contribution in [0.1, 0.15) is 233 Å². The van der Waals surface area contributed by atoms with Crippen LogP contribution in [0.4, 0.5) is 0 Å². The lowest BCUT2D eigenvalue weighted by Gasteiger charge is -2.24. The van der Waals surface area contributed by atoms with Crippen LogP contribution in [0.15, 0.2) is 97.2 Å². The molecule has 0 spiro atoms. The van der Waals surface area contributed by atoms with Gasteiger partial charge in [-0.25, -0.2) is 0 Å². The van der Waals surface area contributed by atoms with E-state index in [-0.39, 0.29) is 31.3 Å². The number of carbonyl (C=O) groups is 2. The van der Waals surface area contributed by atoms with Crippen molar-refractivity contribution >= 4 is 11.9 Å². The number of aliphatic hydroxyl groups excluding tert-OH is 2. The van der Waals surface area contributed by atoms with Crippen molar-refractivity contribution in [1.29, 1.82) is 0 Å². The molecule has 0 aromatic carbocycles. The van der Waals surface area contributed by atoms with Crippen LogP contribution in [-0.2, 0) is 14.3 Å². The molecule has 0 rings (SSSR count). The number of aliphatic hydroxyl groups is 2. The Kier molecular flexibility index (Phi) is 48.2. The minimum absolute atomic E-state index is 0.0279. The molecule has 6 heteroatoms. The van der Waals surface area contributed by atoms with Crippen LogP contribution < -0.4 is 5.32 Å². The van der Waals surface area contributed by atoms with E-state index in [1.54, 1.807) is 0 Å². The molecule has 6 nitrogen and oxygen atoms in total. The number of ether oxygens (including phenoxy) is 1. The second-order valence-corrected chi connectivity index (χ2v) is 17.5. The maximum Gasteiger partial charge on any atom is 0.306 e. The molecule has 64 heavy (non-hydrogen) atoms. The van der Waals surface area contributed by atoms with E-state index in [1.165, 1.54) is 83.5 Å². The summed E-state index contributed by atoms with van der Waals surface area (Å²) >= 11 is 0. The lowest BCUT2D eigenvalue weighted by atomic mass is 10.0. The van der Waals surface area contributed by atoms with Crippen LogP contribution in [0, 0.1) is 0 Å². The van der Waals surface area contributed by atoms with E-state index in [1.807, 2.05) is 6.08 Å². The zero-order valence-corrected chi connectivity index (χ0v) is 41.6. The van der Waals surface area contributed by atoms with E-state index in [0.717, 1.165) is 96.3 Å². The van der Waals surface area contributed by atoms with Crippen molar-refractivity contribution in [2.45, 2.75) is 251 Å². The van der Waals surface area contributed by atoms with Crippen LogP contribution in [0.3, 0.4) is 0 Å². The minimum atomic E-state index is -0.811. The largest absolute Gasteiger partial charge is 0.462 e. The average Bonchev–Trinajstić information content (AvgIpc) is 3.29. The lowest BCUT2D eigenvalue weighted by molar-refractivity contribution is -0.150. The van der Waals surface area contributed by atoms with Gasteiger partial charge in [0.2, 0.25) is 5.91 Å². The molecule has 0 heterocycles. The van der Waals surface area contributed by atoms with E-state index in [9.17, 15) is 19.8 Å². The van der Waals surface area contributed by atoms with Crippen molar-refractivity contribution in [3.05, 3.63) is 97.2 Å². The van der Waals surface area contributed by atoms with Gasteiger partial charge < -0.3 is 20.3 Å². The van der Waals surface area contributed by atoms with Gasteiger partial charge in [0.1, 0.15) is 6.10 Å². The van der Waals surface area contributed by atoms with E-state index >= 15 is 0 Å². The van der Waals surface area contributed by atoms with E-state index in [0.29, 0.717) is 19.3 Å². The summed E-state index contributed by atoms with van der Waals surface area (Å²) in [5.74, 6) is -0.600. The van der Waals surface area contributed by atoms with Crippen LogP contribution >= 0.6 is 0 Å². The van der Waals surface area contributed by atoms with Gasteiger partial charge >= 0.3 is 5.97 Å². The quantitative estimate of drug-likeness (QED) is 0.0321. The molecule has 0 aliphatic carbocycles. The standard InChI is InChI=1S/C58H99NO5/c1-4-7-10-13-16-19-22-25-27-29-30-32-34-37-40-43-46-49-54(64-58(63)51-48-45-42-39-36-33-31-28-26-23-20-17-14-11-8-5-2)52-57(62)59-55(53-60)56(61)50-47-44-41-38-35-24-21-18-15-12-9-6-3/h8,11,16-17,19-20,25-28,30,32-33,36,42,45,54-56,60-61H,4-7,9-10,12-15,18,21-24,29,31,34-35,37-41,43-44,46-53H2,1-3H3,(H,59,62)/b11-8+,19-16-,20-17+,27-25-,28-26+,32-30-,36-33+,45-42+. The number of esters is 1. The van der Waals surface area contributed by atoms with Gasteiger partial charge in [-0.3, -0.25) is 9.59 Å². The zero-order valence-electron chi connectivity index (χ0n) is 41.6. The van der Waals surface area contributed by atoms with Gasteiger partial charge in [-0.05, 0) is 96.3 Å². The van der Waals surface area contributed by atoms with Gasteiger partial charge in [0.05, 0.1) is 25.2 Å². The molecule has 0 saturated carbocycles. The minimum Gasteiger partial charge on any atom is -0.462 e. The molecule has 0 aliphatic rings. The number of nitrogens with one attached hydrogen (secondary N) is 1. The Labute approximate surface area is 395 Å². The fourth-order valence-electron chi connectivity index (χ4n) is 7.43. The van der Waals surface area contributed by atoms with Crippen LogP contribution in [0.5, 0.6) is 0 Å². The molecule has 3 atom stereocenters. The first-order valence-electron chi connectivity index (χ1n) is 26.5. The third-order valence-electron chi connectivity index (χ3n) is 11.4. The second kappa shape index (κ2) is 50.8. The van der Waals surface area contributed by atoms with Crippen molar-refractivity contribution in [3.8, 4) is 0 Å². The first kappa shape index (κ1) is 60.8. The molecule has 0 aromatic rings. The molecular formula is C58H99NO5. The van der Waals surface area contributed by atoms with Crippen molar-refractivity contribution in [2.75, 3.05) is 6.61 Å². The lowest BCUT2D eigenvalue weighted by Crippen LogP contribution is -2.46. The summed E-state index contributed by atoms with van der Waals surface area (Å²) in [5.41, 5.74) is 0. The predicted octanol–water partition coefficient (Wildman–Crippen LogP) is 16.1. The molecule has 0 saturated heterocycles. The Morgan fingerprint density at radius 2 is 0.844 bits per heavy atom. The van der Waals surface area contributed by atoms with Gasteiger partial charge in [0.25, 0.3) is 0 Å². The number of rotatable bonds is 46. The summed E-state index contributed by atoms with van der Waals surface area (Å²) in [4.78, 5) is 26.1. The number of amides is 1. The Morgan fingerprint density at radius 3 is 1.31 bits per heavy atom. The molecule has 0 fully saturated rings. The van der Waals surface area contributed by atoms with Crippen molar-refractivity contribution in [3.63, 3.8) is 0 Å². The molecule has 0 aliphatic heterocycles. The Morgan fingerprint density at radius 1 is 0.469 bits per heavy atom. The highest BCUT2D eigenvalue weighted by molar-refractivity contribution is 5.77. The number of carbonyl (C=O) groups excluding carboxylic acids is 2. The van der Waals surface area contributed by atoms with Crippen molar-refractivity contribution < 1.29 is 24.5 Å². The first-order chi connectivity index (χ1) is 31.5. The fourth-order valence-corrected chi connectivity index (χ4v) is 7.43. The fraction of sp³-hybridized carbons (Fsp3) is 0.690. The third kappa shape index (κ3) is 45.4. The molecule has 3 N–H and O–H groups in total. The number of hydrogen-bond acceptors (Lipinski definition) is 5. The molecular weight excluding hydrogens is 791 g/mol. The molecule has 0 radical (unpaired) electrons. The summed E-state index contributed by atoms with van der Waals surface area (Å²) in [6.07, 6.45) is 67.6. The molecule has 366 valence electrons. The van der Waals surface area contributed by atoms with E-state index in [4.69, 9.17) is 4.74 Å². The maximum atomic E-state index is 13.2. The topological polar surface area (TPSA) is 95.9 Å². The van der Waals surface area contributed by atoms with Gasteiger partial charge in [-0.15, -0.1) is 0 Å². The average molecular weight is 890 g/mol. The third-order valence-corrected chi connectivity index (χ3v) is 11.4. The molecule has 0 aromatic heterocycles. The zero-order chi connectivity index (χ0) is 46.7. The van der Waals surface area contributed by atoms with Gasteiger partial charge in [-0.2, -0.15) is 0 Å². The SMILES string of the molecule is CC/C=C/C/C=C/C/C=C/C/C=C/C/C=C/CCC(=O)OC(CCCCCC/C=C\C/C=C\C/C=C\CCCCC)CC(=O)NC(CO)C(O)CCCCCCCCCCCCCC. The highest BCUT2D eigenvalue weighted by atomic mass is 16.5. The van der Waals surface area contributed by atoms with Crippen LogP contribution in [0.2, 0.25) is 0 Å². The van der Waals surface area contributed by atoms with Gasteiger partial charge in [-0.1, -0.05) is 221 Å². The molecule has 3 unspecified atom stereocenters. The highest BCUT2D eigenvalue weighted by Gasteiger charge is 2.24. The number of allylic oxidation sites excluding steroid dienone is 16. The summed E-state index contributed by atoms with van der Waals surface area (Å²) in [5, 5.41) is 23.8. The summed E-state index contributed by atoms with van der Waals surface area (Å²) < 4.78 is 5.89. The summed E-state index contributed by atoms with van der Waals surface area (Å²) in [6.45, 7) is 6.31. The number of unbranched alkanes of at least 4 members (excludes halogenated alkanes) is 18. The van der Waals surface area contributed by atoms with Crippen LogP contribution in [-0.4, -0.2) is 46.9 Å². The van der Waals surface area contributed by atoms with E-state index in [2.05, 4.69) is 117 Å². The van der Waals surface area contributed by atoms with Crippen LogP contribution in [0.25, 0.3) is 0 Å². The maximum absolute atomic E-state index is 13.2. The predicted molar refractivity (Wildman–Crippen MR) is 277 cm³/mol. The Hall–Kier alpha value is -3.22. The normalized spacial score (nSPS) is 14.0.